The number of nitrogens with one attached hydrogen (secondary N) is 1. The van der Waals surface area contributed by atoms with Crippen LogP contribution in [0.5, 0.6) is 0 Å². The Morgan fingerprint density at radius 2 is 2.17 bits per heavy atom. The van der Waals surface area contributed by atoms with Gasteiger partial charge in [-0.25, -0.2) is 0 Å². The second-order valence-electron chi connectivity index (χ2n) is 3.07. The number of nitrogens with zero attached hydrogens (tertiary/aromatic N) is 1. The molecule has 0 radical (unpaired) electrons. The molecule has 1 amide bonds. The van der Waals surface area contributed by atoms with E-state index < -0.39 is 0 Å². The van der Waals surface area contributed by atoms with Crippen LogP contribution in [0.2, 0.25) is 0 Å². The lowest BCUT2D eigenvalue weighted by Gasteiger charge is -2.31. The average molecular weight is 170 g/mol. The van der Waals surface area contributed by atoms with E-state index in [9.17, 15) is 4.79 Å². The van der Waals surface area contributed by atoms with Gasteiger partial charge in [-0.05, 0) is 12.8 Å². The van der Waals surface area contributed by atoms with E-state index in [-0.39, 0.29) is 17.8 Å². The molecule has 0 aliphatic carbocycles. The number of likely N-dealkylation sites (tertiary alicyclic amines) is 1. The van der Waals surface area contributed by atoms with Crippen LogP contribution in [0.1, 0.15) is 12.8 Å². The zero-order chi connectivity index (χ0) is 9.14. The maximum absolute atomic E-state index is 10.8. The summed E-state index contributed by atoms with van der Waals surface area (Å²) in [6.45, 7) is 1.27. The largest absolute Gasteiger partial charge is 0.370 e. The summed E-state index contributed by atoms with van der Waals surface area (Å²) < 4.78 is 0. The minimum absolute atomic E-state index is 0.0287. The molecule has 0 aromatic carbocycles. The molecule has 1 aliphatic heterocycles. The molecule has 5 N–H and O–H groups in total. The third-order valence-corrected chi connectivity index (χ3v) is 2.16. The molecular weight excluding hydrogens is 156 g/mol. The van der Waals surface area contributed by atoms with Crippen LogP contribution < -0.4 is 11.5 Å². The van der Waals surface area contributed by atoms with E-state index in [1.165, 1.54) is 0 Å². The number of carbonyl (C=O) groups is 1. The first-order chi connectivity index (χ1) is 5.61. The Hall–Kier alpha value is -1.26. The van der Waals surface area contributed by atoms with E-state index in [1.807, 2.05) is 0 Å². The van der Waals surface area contributed by atoms with Crippen LogP contribution in [0.25, 0.3) is 0 Å². The summed E-state index contributed by atoms with van der Waals surface area (Å²) in [6, 6.07) is 0. The van der Waals surface area contributed by atoms with E-state index in [1.54, 1.807) is 4.90 Å². The Balaban J connectivity index is 2.51. The first-order valence-corrected chi connectivity index (χ1v) is 3.99. The summed E-state index contributed by atoms with van der Waals surface area (Å²) in [5.41, 5.74) is 10.4. The Kier molecular flexibility index (Phi) is 2.52. The minimum atomic E-state index is -0.291. The van der Waals surface area contributed by atoms with Crippen LogP contribution in [0.15, 0.2) is 0 Å². The standard InChI is InChI=1S/C7H14N4O/c8-6(12)5-2-1-3-11(4-5)7(9)10/h5H,1-4H2,(H2,8,12)(H3,9,10). The van der Waals surface area contributed by atoms with Gasteiger partial charge in [0.2, 0.25) is 5.91 Å². The van der Waals surface area contributed by atoms with Gasteiger partial charge in [-0.2, -0.15) is 0 Å². The number of hydrogen-bond donors (Lipinski definition) is 3. The van der Waals surface area contributed by atoms with Gasteiger partial charge in [0.1, 0.15) is 0 Å². The highest BCUT2D eigenvalue weighted by molar-refractivity contribution is 5.79. The lowest BCUT2D eigenvalue weighted by molar-refractivity contribution is -0.122. The smallest absolute Gasteiger partial charge is 0.222 e. The van der Waals surface area contributed by atoms with E-state index in [2.05, 4.69) is 0 Å². The molecular formula is C7H14N4O. The zero-order valence-corrected chi connectivity index (χ0v) is 6.92. The second-order valence-corrected chi connectivity index (χ2v) is 3.07. The maximum Gasteiger partial charge on any atom is 0.222 e. The number of amides is 1. The Labute approximate surface area is 71.2 Å². The quantitative estimate of drug-likeness (QED) is 0.350. The first kappa shape index (κ1) is 8.83. The Bertz CT molecular complexity index is 184. The van der Waals surface area contributed by atoms with Crippen LogP contribution >= 0.6 is 0 Å². The summed E-state index contributed by atoms with van der Waals surface area (Å²) in [7, 11) is 0. The lowest BCUT2D eigenvalue weighted by atomic mass is 9.98. The topological polar surface area (TPSA) is 96.2 Å². The number of rotatable bonds is 1. The molecule has 1 heterocycles. The van der Waals surface area contributed by atoms with Crippen molar-refractivity contribution in [2.24, 2.45) is 17.4 Å². The monoisotopic (exact) mass is 170 g/mol. The van der Waals surface area contributed by atoms with Gasteiger partial charge >= 0.3 is 0 Å². The van der Waals surface area contributed by atoms with Crippen LogP contribution in [0.3, 0.4) is 0 Å². The van der Waals surface area contributed by atoms with Crippen molar-refractivity contribution in [3.63, 3.8) is 0 Å². The number of hydrogen-bond acceptors (Lipinski definition) is 2. The normalized spacial score (nSPS) is 23.7. The predicted molar refractivity (Wildman–Crippen MR) is 45.4 cm³/mol. The fraction of sp³-hybridized carbons (Fsp3) is 0.714. The van der Waals surface area contributed by atoms with Gasteiger partial charge in [0.05, 0.1) is 5.92 Å². The number of guanidine groups is 1. The van der Waals surface area contributed by atoms with Gasteiger partial charge in [-0.3, -0.25) is 10.2 Å². The van der Waals surface area contributed by atoms with Crippen LogP contribution in [0.4, 0.5) is 0 Å². The van der Waals surface area contributed by atoms with E-state index in [4.69, 9.17) is 16.9 Å². The highest BCUT2D eigenvalue weighted by atomic mass is 16.1. The van der Waals surface area contributed by atoms with E-state index in [0.29, 0.717) is 6.54 Å². The highest BCUT2D eigenvalue weighted by Crippen LogP contribution is 2.14. The van der Waals surface area contributed by atoms with Crippen LogP contribution in [-0.2, 0) is 4.79 Å². The summed E-state index contributed by atoms with van der Waals surface area (Å²) in [5, 5.41) is 7.17. The molecule has 1 atom stereocenters. The summed E-state index contributed by atoms with van der Waals surface area (Å²) in [5.74, 6) is -0.399. The molecule has 0 saturated carbocycles. The number of primary amides is 1. The molecule has 68 valence electrons. The Morgan fingerprint density at radius 3 is 2.67 bits per heavy atom. The molecule has 1 fully saturated rings. The predicted octanol–water partition coefficient (Wildman–Crippen LogP) is -0.923. The molecule has 1 rings (SSSR count). The van der Waals surface area contributed by atoms with Crippen LogP contribution in [0, 0.1) is 11.3 Å². The third kappa shape index (κ3) is 1.87. The third-order valence-electron chi connectivity index (χ3n) is 2.16. The molecule has 0 spiro atoms. The molecule has 0 bridgehead atoms. The van der Waals surface area contributed by atoms with Gasteiger partial charge in [0.15, 0.2) is 5.96 Å². The van der Waals surface area contributed by atoms with Crippen LogP contribution in [-0.4, -0.2) is 29.9 Å². The summed E-state index contributed by atoms with van der Waals surface area (Å²) in [4.78, 5) is 12.5. The SMILES string of the molecule is N=C(N)N1CCCC(C(N)=O)C1. The van der Waals surface area contributed by atoms with E-state index in [0.717, 1.165) is 19.4 Å². The minimum Gasteiger partial charge on any atom is -0.370 e. The van der Waals surface area contributed by atoms with Gasteiger partial charge in [0.25, 0.3) is 0 Å². The number of piperidine rings is 1. The van der Waals surface area contributed by atoms with Gasteiger partial charge in [-0.15, -0.1) is 0 Å². The highest BCUT2D eigenvalue weighted by Gasteiger charge is 2.24. The second kappa shape index (κ2) is 3.42. The molecule has 1 saturated heterocycles. The molecule has 1 unspecified atom stereocenters. The number of nitrogens with two attached hydrogens (primary N) is 2. The molecule has 0 aromatic heterocycles. The maximum atomic E-state index is 10.8. The molecule has 5 heteroatoms. The van der Waals surface area contributed by atoms with Crippen molar-refractivity contribution in [1.82, 2.24) is 4.90 Å². The van der Waals surface area contributed by atoms with Gasteiger partial charge < -0.3 is 16.4 Å². The first-order valence-electron chi connectivity index (χ1n) is 3.99. The van der Waals surface area contributed by atoms with Crippen molar-refractivity contribution < 1.29 is 4.79 Å². The van der Waals surface area contributed by atoms with Gasteiger partial charge in [-0.1, -0.05) is 0 Å². The van der Waals surface area contributed by atoms with Crippen molar-refractivity contribution in [3.05, 3.63) is 0 Å². The fourth-order valence-electron chi connectivity index (χ4n) is 1.43. The van der Waals surface area contributed by atoms with Crippen molar-refractivity contribution in [3.8, 4) is 0 Å². The molecule has 12 heavy (non-hydrogen) atoms. The fourth-order valence-corrected chi connectivity index (χ4v) is 1.43. The van der Waals surface area contributed by atoms with Crippen molar-refractivity contribution in [2.75, 3.05) is 13.1 Å². The van der Waals surface area contributed by atoms with Gasteiger partial charge in [0, 0.05) is 13.1 Å². The Morgan fingerprint density at radius 1 is 1.50 bits per heavy atom. The average Bonchev–Trinajstić information content (AvgIpc) is 2.04. The lowest BCUT2D eigenvalue weighted by Crippen LogP contribution is -2.46. The zero-order valence-electron chi connectivity index (χ0n) is 6.92. The molecule has 1 aliphatic rings. The van der Waals surface area contributed by atoms with Crippen molar-refractivity contribution in [2.45, 2.75) is 12.8 Å². The molecule has 5 nitrogen and oxygen atoms in total. The van der Waals surface area contributed by atoms with Crippen molar-refractivity contribution in [1.29, 1.82) is 5.41 Å². The summed E-state index contributed by atoms with van der Waals surface area (Å²) >= 11 is 0. The summed E-state index contributed by atoms with van der Waals surface area (Å²) in [6.07, 6.45) is 1.70. The number of carbonyl (C=O) groups excluding carboxylic acids is 1. The molecule has 0 aromatic rings. The van der Waals surface area contributed by atoms with E-state index >= 15 is 0 Å². The van der Waals surface area contributed by atoms with Crippen molar-refractivity contribution >= 4 is 11.9 Å².